The van der Waals surface area contributed by atoms with Crippen LogP contribution in [0.5, 0.6) is 0 Å². The zero-order valence-corrected chi connectivity index (χ0v) is 11.0. The predicted octanol–water partition coefficient (Wildman–Crippen LogP) is -0.766. The van der Waals surface area contributed by atoms with Gasteiger partial charge in [-0.15, -0.1) is 0 Å². The number of urea groups is 1. The molecule has 1 aromatic heterocycles. The Morgan fingerprint density at radius 3 is 2.55 bits per heavy atom. The van der Waals surface area contributed by atoms with Crippen LogP contribution >= 0.6 is 0 Å². The summed E-state index contributed by atoms with van der Waals surface area (Å²) in [5, 5.41) is 8.89. The minimum Gasteiger partial charge on any atom is -0.338 e. The number of carbonyl (C=O) groups excluding carboxylic acids is 3. The van der Waals surface area contributed by atoms with E-state index in [2.05, 4.69) is 15.7 Å². The summed E-state index contributed by atoms with van der Waals surface area (Å²) in [7, 11) is 1.75. The highest BCUT2D eigenvalue weighted by Crippen LogP contribution is 2.26. The first kappa shape index (κ1) is 12.6. The smallest absolute Gasteiger partial charge is 0.322 e. The molecule has 0 atom stereocenters. The number of imide groups is 1. The second kappa shape index (κ2) is 4.32. The number of nitrogens with zero attached hydrogens (tertiary/aromatic N) is 3. The van der Waals surface area contributed by atoms with Gasteiger partial charge in [-0.05, 0) is 12.8 Å². The van der Waals surface area contributed by atoms with Gasteiger partial charge in [0.25, 0.3) is 11.8 Å². The molecule has 1 spiro atoms. The molecule has 0 aromatic carbocycles. The summed E-state index contributed by atoms with van der Waals surface area (Å²) >= 11 is 0. The van der Waals surface area contributed by atoms with Crippen molar-refractivity contribution in [3.05, 3.63) is 18.0 Å². The molecular weight excluding hydrogens is 262 g/mol. The molecule has 0 radical (unpaired) electrons. The molecule has 4 amide bonds. The molecule has 20 heavy (non-hydrogen) atoms. The number of nitrogens with one attached hydrogen (secondary N) is 2. The lowest BCUT2D eigenvalue weighted by atomic mass is 9.87. The zero-order chi connectivity index (χ0) is 14.3. The van der Waals surface area contributed by atoms with E-state index >= 15 is 0 Å². The molecule has 0 unspecified atom stereocenters. The summed E-state index contributed by atoms with van der Waals surface area (Å²) in [4.78, 5) is 37.0. The van der Waals surface area contributed by atoms with E-state index in [-0.39, 0.29) is 11.8 Å². The fourth-order valence-corrected chi connectivity index (χ4v) is 2.69. The highest BCUT2D eigenvalue weighted by Gasteiger charge is 2.48. The zero-order valence-electron chi connectivity index (χ0n) is 11.0. The lowest BCUT2D eigenvalue weighted by Crippen LogP contribution is -2.55. The van der Waals surface area contributed by atoms with E-state index in [1.807, 2.05) is 0 Å². The fraction of sp³-hybridized carbons (Fsp3) is 0.500. The Labute approximate surface area is 115 Å². The Morgan fingerprint density at radius 2 is 2.05 bits per heavy atom. The molecule has 3 heterocycles. The maximum absolute atomic E-state index is 12.2. The molecule has 1 aromatic rings. The van der Waals surface area contributed by atoms with Crippen molar-refractivity contribution in [2.75, 3.05) is 13.1 Å². The van der Waals surface area contributed by atoms with Gasteiger partial charge in [0.15, 0.2) is 0 Å². The number of hydrogen-bond donors (Lipinski definition) is 2. The van der Waals surface area contributed by atoms with E-state index in [0.717, 1.165) is 0 Å². The van der Waals surface area contributed by atoms with Crippen LogP contribution in [0.25, 0.3) is 0 Å². The SMILES string of the molecule is Cn1cc(C(=O)N2CCC3(CC2)NC(=O)NC3=O)cn1. The van der Waals surface area contributed by atoms with E-state index in [9.17, 15) is 14.4 Å². The number of carbonyl (C=O) groups is 3. The van der Waals surface area contributed by atoms with Crippen molar-refractivity contribution in [3.63, 3.8) is 0 Å². The second-order valence-corrected chi connectivity index (χ2v) is 5.19. The molecular formula is C12H15N5O3. The van der Waals surface area contributed by atoms with Gasteiger partial charge in [0.2, 0.25) is 0 Å². The van der Waals surface area contributed by atoms with Crippen LogP contribution in [0, 0.1) is 0 Å². The third kappa shape index (κ3) is 1.93. The van der Waals surface area contributed by atoms with E-state index in [4.69, 9.17) is 0 Å². The first-order chi connectivity index (χ1) is 9.50. The Balaban J connectivity index is 1.68. The molecule has 2 aliphatic rings. The van der Waals surface area contributed by atoms with Gasteiger partial charge in [-0.1, -0.05) is 0 Å². The Bertz CT molecular complexity index is 586. The van der Waals surface area contributed by atoms with Gasteiger partial charge in [0.05, 0.1) is 11.8 Å². The van der Waals surface area contributed by atoms with Crippen molar-refractivity contribution >= 4 is 17.8 Å². The van der Waals surface area contributed by atoms with Crippen LogP contribution in [0.15, 0.2) is 12.4 Å². The summed E-state index contributed by atoms with van der Waals surface area (Å²) < 4.78 is 1.57. The summed E-state index contributed by atoms with van der Waals surface area (Å²) in [5.74, 6) is -0.395. The minimum atomic E-state index is -0.844. The molecule has 2 saturated heterocycles. The van der Waals surface area contributed by atoms with Crippen molar-refractivity contribution < 1.29 is 14.4 Å². The number of likely N-dealkylation sites (tertiary alicyclic amines) is 1. The molecule has 0 aliphatic carbocycles. The summed E-state index contributed by atoms with van der Waals surface area (Å²) in [6.45, 7) is 0.864. The van der Waals surface area contributed by atoms with E-state index in [1.165, 1.54) is 6.20 Å². The van der Waals surface area contributed by atoms with Gasteiger partial charge in [-0.3, -0.25) is 19.6 Å². The van der Waals surface area contributed by atoms with Gasteiger partial charge < -0.3 is 10.2 Å². The molecule has 3 rings (SSSR count). The molecule has 2 aliphatic heterocycles. The normalized spacial score (nSPS) is 20.9. The van der Waals surface area contributed by atoms with Gasteiger partial charge in [0.1, 0.15) is 5.54 Å². The molecule has 8 nitrogen and oxygen atoms in total. The van der Waals surface area contributed by atoms with Crippen LogP contribution in [0.1, 0.15) is 23.2 Å². The average Bonchev–Trinajstić information content (AvgIpc) is 2.95. The van der Waals surface area contributed by atoms with Crippen LogP contribution in [0.3, 0.4) is 0 Å². The van der Waals surface area contributed by atoms with Crippen LogP contribution < -0.4 is 10.6 Å². The Kier molecular flexibility index (Phi) is 2.73. The number of hydrogen-bond acceptors (Lipinski definition) is 4. The highest BCUT2D eigenvalue weighted by molar-refractivity contribution is 6.07. The first-order valence-electron chi connectivity index (χ1n) is 6.42. The van der Waals surface area contributed by atoms with Gasteiger partial charge >= 0.3 is 6.03 Å². The predicted molar refractivity (Wildman–Crippen MR) is 67.8 cm³/mol. The summed E-state index contributed by atoms with van der Waals surface area (Å²) in [6.07, 6.45) is 4.04. The maximum atomic E-state index is 12.2. The molecule has 106 valence electrons. The number of amides is 4. The minimum absolute atomic E-state index is 0.0994. The van der Waals surface area contributed by atoms with Crippen LogP contribution in [0.2, 0.25) is 0 Å². The fourth-order valence-electron chi connectivity index (χ4n) is 2.69. The molecule has 2 N–H and O–H groups in total. The van der Waals surface area contributed by atoms with Gasteiger partial charge in [-0.25, -0.2) is 4.79 Å². The third-order valence-corrected chi connectivity index (χ3v) is 3.87. The van der Waals surface area contributed by atoms with E-state index in [0.29, 0.717) is 31.5 Å². The molecule has 0 bridgehead atoms. The van der Waals surface area contributed by atoms with Crippen molar-refractivity contribution in [2.45, 2.75) is 18.4 Å². The lowest BCUT2D eigenvalue weighted by Gasteiger charge is -2.36. The van der Waals surface area contributed by atoms with Crippen molar-refractivity contribution in [2.24, 2.45) is 7.05 Å². The molecule has 8 heteroatoms. The van der Waals surface area contributed by atoms with Crippen molar-refractivity contribution in [1.82, 2.24) is 25.3 Å². The van der Waals surface area contributed by atoms with Crippen LogP contribution in [-0.2, 0) is 11.8 Å². The number of piperidine rings is 1. The molecule has 0 saturated carbocycles. The monoisotopic (exact) mass is 277 g/mol. The summed E-state index contributed by atoms with van der Waals surface area (Å²) in [6, 6.07) is -0.456. The lowest BCUT2D eigenvalue weighted by molar-refractivity contribution is -0.125. The van der Waals surface area contributed by atoms with E-state index < -0.39 is 11.6 Å². The van der Waals surface area contributed by atoms with Crippen molar-refractivity contribution in [3.8, 4) is 0 Å². The van der Waals surface area contributed by atoms with Crippen LogP contribution in [0.4, 0.5) is 4.79 Å². The van der Waals surface area contributed by atoms with Gasteiger partial charge in [0, 0.05) is 26.3 Å². The number of aromatic nitrogens is 2. The van der Waals surface area contributed by atoms with Gasteiger partial charge in [-0.2, -0.15) is 5.10 Å². The second-order valence-electron chi connectivity index (χ2n) is 5.19. The highest BCUT2D eigenvalue weighted by atomic mass is 16.2. The first-order valence-corrected chi connectivity index (χ1v) is 6.42. The van der Waals surface area contributed by atoms with Crippen molar-refractivity contribution in [1.29, 1.82) is 0 Å². The summed E-state index contributed by atoms with van der Waals surface area (Å²) in [5.41, 5.74) is -0.314. The third-order valence-electron chi connectivity index (χ3n) is 3.87. The van der Waals surface area contributed by atoms with Crippen LogP contribution in [-0.4, -0.2) is 51.2 Å². The quantitative estimate of drug-likeness (QED) is 0.659. The Hall–Kier alpha value is -2.38. The Morgan fingerprint density at radius 1 is 1.35 bits per heavy atom. The number of rotatable bonds is 1. The van der Waals surface area contributed by atoms with E-state index in [1.54, 1.807) is 22.8 Å². The standard InChI is InChI=1S/C12H15N5O3/c1-16-7-8(6-13-16)9(18)17-4-2-12(3-5-17)10(19)14-11(20)15-12/h6-7H,2-5H2,1H3,(H2,14,15,19,20). The maximum Gasteiger partial charge on any atom is 0.322 e. The largest absolute Gasteiger partial charge is 0.338 e. The topological polar surface area (TPSA) is 96.3 Å². The number of aryl methyl sites for hydroxylation is 1. The molecule has 2 fully saturated rings. The average molecular weight is 277 g/mol.